The van der Waals surface area contributed by atoms with Crippen molar-refractivity contribution in [1.82, 2.24) is 0 Å². The number of benzene rings is 1. The maximum atomic E-state index is 2.59. The van der Waals surface area contributed by atoms with E-state index in [4.69, 9.17) is 0 Å². The van der Waals surface area contributed by atoms with Gasteiger partial charge in [0.15, 0.2) is 6.71 Å². The number of fused-ring (bicyclic) bond motifs is 2. The predicted octanol–water partition coefficient (Wildman–Crippen LogP) is 5.60. The minimum absolute atomic E-state index is 0.861. The van der Waals surface area contributed by atoms with Crippen LogP contribution in [0, 0.1) is 0 Å². The maximum absolute atomic E-state index is 2.59. The van der Waals surface area contributed by atoms with Crippen LogP contribution in [0.25, 0.3) is 3.58 Å². The molecule has 0 aliphatic carbocycles. The average molecular weight is 350 g/mol. The molecule has 0 radical (unpaired) electrons. The Balaban J connectivity index is 1.82. The SMILES string of the molecule is I/C(=C\B1C2CCCC1CCC2)c1ccccc1. The van der Waals surface area contributed by atoms with Crippen molar-refractivity contribution in [2.24, 2.45) is 0 Å². The first-order valence-electron chi connectivity index (χ1n) is 7.27. The molecule has 0 saturated carbocycles. The lowest BCUT2D eigenvalue weighted by Crippen LogP contribution is -2.33. The summed E-state index contributed by atoms with van der Waals surface area (Å²) >= 11 is 2.53. The van der Waals surface area contributed by atoms with Gasteiger partial charge in [0, 0.05) is 3.58 Å². The molecule has 0 spiro atoms. The molecular formula is C16H20BI. The highest BCUT2D eigenvalue weighted by Crippen LogP contribution is 2.47. The Labute approximate surface area is 124 Å². The molecule has 0 unspecified atom stereocenters. The van der Waals surface area contributed by atoms with E-state index in [0.717, 1.165) is 18.3 Å². The molecule has 2 aliphatic rings. The molecule has 0 amide bonds. The van der Waals surface area contributed by atoms with Crippen molar-refractivity contribution in [3.8, 4) is 0 Å². The van der Waals surface area contributed by atoms with Crippen molar-refractivity contribution in [2.45, 2.75) is 50.2 Å². The van der Waals surface area contributed by atoms with Crippen LogP contribution in [0.4, 0.5) is 0 Å². The zero-order valence-electron chi connectivity index (χ0n) is 10.8. The minimum Gasteiger partial charge on any atom is -0.101 e. The molecule has 2 bridgehead atoms. The second kappa shape index (κ2) is 5.81. The van der Waals surface area contributed by atoms with E-state index in [2.05, 4.69) is 58.9 Å². The molecule has 2 aliphatic heterocycles. The molecule has 2 saturated heterocycles. The van der Waals surface area contributed by atoms with Crippen molar-refractivity contribution in [3.05, 3.63) is 41.9 Å². The van der Waals surface area contributed by atoms with Gasteiger partial charge in [-0.3, -0.25) is 0 Å². The lowest BCUT2D eigenvalue weighted by molar-refractivity contribution is 0.447. The Kier molecular flexibility index (Phi) is 4.12. The quantitative estimate of drug-likeness (QED) is 0.481. The fraction of sp³-hybridized carbons (Fsp3) is 0.500. The first kappa shape index (κ1) is 12.8. The summed E-state index contributed by atoms with van der Waals surface area (Å²) in [5, 5.41) is 0. The second-order valence-electron chi connectivity index (χ2n) is 5.84. The molecule has 1 aromatic carbocycles. The molecule has 2 heteroatoms. The third-order valence-corrected chi connectivity index (χ3v) is 5.76. The van der Waals surface area contributed by atoms with E-state index in [1.807, 2.05) is 0 Å². The average Bonchev–Trinajstić information content (AvgIpc) is 2.39. The standard InChI is InChI=1S/C16H20BI/c18-16(13-6-2-1-3-7-13)12-17-14-8-4-9-15(17)11-5-10-14/h1-3,6-7,12,14-15H,4-5,8-11H2/b16-12-. The van der Waals surface area contributed by atoms with Crippen LogP contribution in [-0.2, 0) is 0 Å². The van der Waals surface area contributed by atoms with Crippen molar-refractivity contribution in [2.75, 3.05) is 0 Å². The van der Waals surface area contributed by atoms with Crippen LogP contribution in [0.5, 0.6) is 0 Å². The zero-order chi connectivity index (χ0) is 12.4. The molecule has 0 N–H and O–H groups in total. The van der Waals surface area contributed by atoms with Gasteiger partial charge in [-0.1, -0.05) is 80.5 Å². The van der Waals surface area contributed by atoms with Gasteiger partial charge in [-0.05, 0) is 28.2 Å². The monoisotopic (exact) mass is 350 g/mol. The normalized spacial score (nSPS) is 28.3. The number of rotatable bonds is 2. The van der Waals surface area contributed by atoms with Crippen LogP contribution in [0.2, 0.25) is 11.6 Å². The highest BCUT2D eigenvalue weighted by molar-refractivity contribution is 14.1. The number of hydrogen-bond donors (Lipinski definition) is 0. The first-order valence-corrected chi connectivity index (χ1v) is 8.35. The van der Waals surface area contributed by atoms with Gasteiger partial charge in [-0.15, -0.1) is 5.98 Å². The van der Waals surface area contributed by atoms with Crippen molar-refractivity contribution >= 4 is 32.9 Å². The Bertz CT molecular complexity index is 404. The highest BCUT2D eigenvalue weighted by atomic mass is 127. The molecule has 0 atom stereocenters. The van der Waals surface area contributed by atoms with Crippen LogP contribution in [0.15, 0.2) is 36.3 Å². The zero-order valence-corrected chi connectivity index (χ0v) is 13.0. The summed E-state index contributed by atoms with van der Waals surface area (Å²) in [5.74, 6) is 4.54. The Hall–Kier alpha value is -0.245. The van der Waals surface area contributed by atoms with Gasteiger partial charge in [0.1, 0.15) is 0 Å². The maximum Gasteiger partial charge on any atom is 0.174 e. The minimum atomic E-state index is 0.861. The lowest BCUT2D eigenvalue weighted by Gasteiger charge is -2.39. The van der Waals surface area contributed by atoms with Crippen molar-refractivity contribution < 1.29 is 0 Å². The summed E-state index contributed by atoms with van der Waals surface area (Å²) in [5.41, 5.74) is 1.39. The molecule has 2 fully saturated rings. The third-order valence-electron chi connectivity index (χ3n) is 4.78. The van der Waals surface area contributed by atoms with Gasteiger partial charge in [0.25, 0.3) is 0 Å². The van der Waals surface area contributed by atoms with E-state index in [9.17, 15) is 0 Å². The third kappa shape index (κ3) is 2.68. The topological polar surface area (TPSA) is 0 Å². The number of halogens is 1. The van der Waals surface area contributed by atoms with E-state index in [1.54, 1.807) is 0 Å². The van der Waals surface area contributed by atoms with Crippen LogP contribution in [0.1, 0.15) is 44.1 Å². The molecular weight excluding hydrogens is 330 g/mol. The largest absolute Gasteiger partial charge is 0.174 e. The van der Waals surface area contributed by atoms with Gasteiger partial charge in [-0.2, -0.15) is 0 Å². The van der Waals surface area contributed by atoms with Crippen LogP contribution >= 0.6 is 22.6 Å². The van der Waals surface area contributed by atoms with Gasteiger partial charge in [0.05, 0.1) is 0 Å². The molecule has 2 heterocycles. The van der Waals surface area contributed by atoms with Gasteiger partial charge in [0.2, 0.25) is 0 Å². The first-order chi connectivity index (χ1) is 8.84. The van der Waals surface area contributed by atoms with Crippen LogP contribution in [-0.4, -0.2) is 6.71 Å². The van der Waals surface area contributed by atoms with Crippen LogP contribution < -0.4 is 0 Å². The highest BCUT2D eigenvalue weighted by Gasteiger charge is 2.37. The second-order valence-corrected chi connectivity index (χ2v) is 7.00. The van der Waals surface area contributed by atoms with E-state index in [0.29, 0.717) is 0 Å². The molecule has 1 aromatic rings. The lowest BCUT2D eigenvalue weighted by atomic mass is 9.27. The van der Waals surface area contributed by atoms with E-state index in [-0.39, 0.29) is 0 Å². The predicted molar refractivity (Wildman–Crippen MR) is 89.4 cm³/mol. The van der Waals surface area contributed by atoms with E-state index in [1.165, 1.54) is 47.7 Å². The van der Waals surface area contributed by atoms with Crippen molar-refractivity contribution in [1.29, 1.82) is 0 Å². The number of hydrogen-bond acceptors (Lipinski definition) is 0. The summed E-state index contributed by atoms with van der Waals surface area (Å²) in [6, 6.07) is 10.9. The Morgan fingerprint density at radius 2 is 1.56 bits per heavy atom. The summed E-state index contributed by atoms with van der Waals surface area (Å²) in [6.07, 6.45) is 8.82. The van der Waals surface area contributed by atoms with E-state index >= 15 is 0 Å². The fourth-order valence-electron chi connectivity index (χ4n) is 3.86. The summed E-state index contributed by atoms with van der Waals surface area (Å²) in [6.45, 7) is 0.861. The smallest absolute Gasteiger partial charge is 0.101 e. The Morgan fingerprint density at radius 1 is 1.00 bits per heavy atom. The van der Waals surface area contributed by atoms with E-state index < -0.39 is 0 Å². The summed E-state index contributed by atoms with van der Waals surface area (Å²) in [7, 11) is 0. The van der Waals surface area contributed by atoms with Gasteiger partial charge < -0.3 is 0 Å². The summed E-state index contributed by atoms with van der Waals surface area (Å²) in [4.78, 5) is 0. The molecule has 3 rings (SSSR count). The summed E-state index contributed by atoms with van der Waals surface area (Å²) < 4.78 is 1.46. The molecule has 94 valence electrons. The van der Waals surface area contributed by atoms with Gasteiger partial charge >= 0.3 is 0 Å². The molecule has 0 nitrogen and oxygen atoms in total. The molecule has 0 aromatic heterocycles. The fourth-order valence-corrected chi connectivity index (χ4v) is 4.64. The molecule has 18 heavy (non-hydrogen) atoms. The van der Waals surface area contributed by atoms with Crippen molar-refractivity contribution in [3.63, 3.8) is 0 Å². The Morgan fingerprint density at radius 3 is 2.11 bits per heavy atom. The van der Waals surface area contributed by atoms with Crippen LogP contribution in [0.3, 0.4) is 0 Å². The van der Waals surface area contributed by atoms with Gasteiger partial charge in [-0.25, -0.2) is 0 Å².